The Morgan fingerprint density at radius 2 is 2.00 bits per heavy atom. The fourth-order valence-corrected chi connectivity index (χ4v) is 5.69. The topological polar surface area (TPSA) is 85.4 Å². The Kier molecular flexibility index (Phi) is 5.42. The Labute approximate surface area is 210 Å². The average Bonchev–Trinajstić information content (AvgIpc) is 3.38. The molecule has 0 unspecified atom stereocenters. The van der Waals surface area contributed by atoms with Crippen LogP contribution in [0.3, 0.4) is 0 Å². The van der Waals surface area contributed by atoms with Crippen LogP contribution in [-0.2, 0) is 11.8 Å². The SMILES string of the molecule is [C-]#[N+]C(C#N)=c1/c(=C\C=C2\N3CCCc4cccc(c43)C2(C)C)c(C)c(C#N)c2nnc(C(C)C)n12. The highest BCUT2D eigenvalue weighted by molar-refractivity contribution is 5.76. The van der Waals surface area contributed by atoms with Gasteiger partial charge in [0.2, 0.25) is 0 Å². The molecule has 7 nitrogen and oxygen atoms in total. The molecule has 0 aliphatic carbocycles. The summed E-state index contributed by atoms with van der Waals surface area (Å²) >= 11 is 0. The lowest BCUT2D eigenvalue weighted by Crippen LogP contribution is -2.38. The lowest BCUT2D eigenvalue weighted by atomic mass is 9.83. The van der Waals surface area contributed by atoms with Gasteiger partial charge in [-0.05, 0) is 47.8 Å². The van der Waals surface area contributed by atoms with E-state index in [0.29, 0.717) is 33.2 Å². The molecule has 0 fully saturated rings. The molecule has 36 heavy (non-hydrogen) atoms. The highest BCUT2D eigenvalue weighted by atomic mass is 15.3. The van der Waals surface area contributed by atoms with Crippen molar-refractivity contribution in [2.75, 3.05) is 11.4 Å². The van der Waals surface area contributed by atoms with E-state index in [2.05, 4.69) is 70.2 Å². The van der Waals surface area contributed by atoms with E-state index in [0.717, 1.165) is 19.4 Å². The first-order valence-electron chi connectivity index (χ1n) is 12.2. The monoisotopic (exact) mass is 473 g/mol. The number of aryl methyl sites for hydroxylation is 1. The molecule has 0 atom stereocenters. The lowest BCUT2D eigenvalue weighted by molar-refractivity contribution is 0.626. The van der Waals surface area contributed by atoms with Gasteiger partial charge in [0.05, 0.1) is 18.0 Å². The zero-order chi connectivity index (χ0) is 25.8. The summed E-state index contributed by atoms with van der Waals surface area (Å²) in [6.07, 6.45) is 6.23. The van der Waals surface area contributed by atoms with Crippen LogP contribution in [0.2, 0.25) is 0 Å². The predicted molar refractivity (Wildman–Crippen MR) is 139 cm³/mol. The third-order valence-electron chi connectivity index (χ3n) is 7.47. The van der Waals surface area contributed by atoms with Gasteiger partial charge in [-0.2, -0.15) is 5.26 Å². The second kappa shape index (κ2) is 8.36. The summed E-state index contributed by atoms with van der Waals surface area (Å²) in [5, 5.41) is 29.6. The second-order valence-electron chi connectivity index (χ2n) is 10.2. The largest absolute Gasteiger partial charge is 0.344 e. The van der Waals surface area contributed by atoms with Crippen molar-refractivity contribution in [3.8, 4) is 12.1 Å². The number of para-hydroxylation sites is 1. The highest BCUT2D eigenvalue weighted by Crippen LogP contribution is 2.50. The summed E-state index contributed by atoms with van der Waals surface area (Å²) < 4.78 is 1.73. The molecule has 2 aliphatic heterocycles. The number of fused-ring (bicyclic) bond motifs is 1. The molecule has 3 aromatic rings. The van der Waals surface area contributed by atoms with Crippen LogP contribution in [0.1, 0.15) is 68.1 Å². The minimum absolute atomic E-state index is 0.0140. The number of nitrogens with zero attached hydrogens (tertiary/aromatic N) is 7. The van der Waals surface area contributed by atoms with Gasteiger partial charge in [0.1, 0.15) is 17.5 Å². The summed E-state index contributed by atoms with van der Waals surface area (Å²) in [7, 11) is 0. The molecule has 2 aromatic heterocycles. The van der Waals surface area contributed by atoms with Gasteiger partial charge in [0.25, 0.3) is 5.70 Å². The number of aromatic nitrogens is 3. The van der Waals surface area contributed by atoms with Gasteiger partial charge in [-0.3, -0.25) is 4.40 Å². The van der Waals surface area contributed by atoms with Gasteiger partial charge < -0.3 is 4.90 Å². The Hall–Kier alpha value is -4.41. The second-order valence-corrected chi connectivity index (χ2v) is 10.2. The van der Waals surface area contributed by atoms with E-state index in [1.807, 2.05) is 26.8 Å². The standard InChI is InChI=1S/C29H27N7/c1-17(2)27-33-34-28-21(15-30)18(3)20(26(36(27)28)23(16-31)32-6)12-13-24-29(4,5)22-11-7-9-19-10-8-14-35(24)25(19)22/h7,9,11-13,17H,8,10,14H2,1-5H3/b20-12-,24-13+,26-23?. The quantitative estimate of drug-likeness (QED) is 0.526. The zero-order valence-electron chi connectivity index (χ0n) is 21.2. The fraction of sp³-hybridized carbons (Fsp3) is 0.345. The summed E-state index contributed by atoms with van der Waals surface area (Å²) in [6.45, 7) is 19.0. The smallest absolute Gasteiger partial charge is 0.285 e. The van der Waals surface area contributed by atoms with Crippen LogP contribution in [0.4, 0.5) is 5.69 Å². The van der Waals surface area contributed by atoms with Crippen LogP contribution in [-0.4, -0.2) is 21.1 Å². The molecular formula is C29H27N7. The van der Waals surface area contributed by atoms with Gasteiger partial charge in [0.15, 0.2) is 5.65 Å². The Bertz CT molecular complexity index is 1700. The van der Waals surface area contributed by atoms with Crippen LogP contribution in [0.25, 0.3) is 22.3 Å². The Morgan fingerprint density at radius 3 is 2.67 bits per heavy atom. The van der Waals surface area contributed by atoms with Crippen LogP contribution in [0, 0.1) is 36.2 Å². The van der Waals surface area contributed by atoms with Crippen molar-refractivity contribution in [2.45, 2.75) is 58.8 Å². The first-order chi connectivity index (χ1) is 17.3. The number of anilines is 1. The molecular weight excluding hydrogens is 446 g/mol. The maximum Gasteiger partial charge on any atom is 0.285 e. The van der Waals surface area contributed by atoms with Crippen LogP contribution < -0.4 is 15.5 Å². The summed E-state index contributed by atoms with van der Waals surface area (Å²) in [4.78, 5) is 5.96. The number of hydrogen-bond donors (Lipinski definition) is 0. The zero-order valence-corrected chi connectivity index (χ0v) is 21.2. The molecule has 1 aromatic carbocycles. The van der Waals surface area contributed by atoms with Crippen LogP contribution in [0.15, 0.2) is 30.0 Å². The van der Waals surface area contributed by atoms with E-state index in [9.17, 15) is 10.5 Å². The molecule has 4 heterocycles. The van der Waals surface area contributed by atoms with Gasteiger partial charge in [-0.1, -0.05) is 52.0 Å². The summed E-state index contributed by atoms with van der Waals surface area (Å²) in [6, 6.07) is 10.9. The first kappa shape index (κ1) is 23.3. The number of pyridine rings is 1. The van der Waals surface area contributed by atoms with E-state index in [4.69, 9.17) is 6.57 Å². The molecule has 0 N–H and O–H groups in total. The Morgan fingerprint density at radius 1 is 1.22 bits per heavy atom. The average molecular weight is 474 g/mol. The number of benzene rings is 1. The lowest BCUT2D eigenvalue weighted by Gasteiger charge is -2.30. The molecule has 0 spiro atoms. The minimum atomic E-state index is -0.205. The number of nitriles is 2. The Balaban J connectivity index is 1.91. The van der Waals surface area contributed by atoms with Gasteiger partial charge in [0, 0.05) is 29.3 Å². The maximum absolute atomic E-state index is 10.0. The fourth-order valence-electron chi connectivity index (χ4n) is 5.69. The van der Waals surface area contributed by atoms with Crippen molar-refractivity contribution >= 4 is 23.1 Å². The molecule has 0 bridgehead atoms. The van der Waals surface area contributed by atoms with Crippen molar-refractivity contribution < 1.29 is 0 Å². The van der Waals surface area contributed by atoms with Gasteiger partial charge in [-0.15, -0.1) is 10.2 Å². The third kappa shape index (κ3) is 3.15. The minimum Gasteiger partial charge on any atom is -0.344 e. The molecule has 5 rings (SSSR count). The highest BCUT2D eigenvalue weighted by Gasteiger charge is 2.41. The maximum atomic E-state index is 10.0. The normalized spacial score (nSPS) is 18.2. The molecule has 0 amide bonds. The predicted octanol–water partition coefficient (Wildman–Crippen LogP) is 3.99. The molecule has 0 saturated carbocycles. The summed E-state index contributed by atoms with van der Waals surface area (Å²) in [5.74, 6) is 0.601. The molecule has 2 aliphatic rings. The molecule has 178 valence electrons. The number of hydrogen-bond acceptors (Lipinski definition) is 5. The van der Waals surface area contributed by atoms with Crippen LogP contribution >= 0.6 is 0 Å². The van der Waals surface area contributed by atoms with Crippen molar-refractivity contribution in [3.05, 3.63) is 80.0 Å². The van der Waals surface area contributed by atoms with Gasteiger partial charge >= 0.3 is 0 Å². The third-order valence-corrected chi connectivity index (χ3v) is 7.47. The van der Waals surface area contributed by atoms with E-state index < -0.39 is 0 Å². The van der Waals surface area contributed by atoms with Crippen LogP contribution in [0.5, 0.6) is 0 Å². The van der Waals surface area contributed by atoms with Crippen molar-refractivity contribution in [3.63, 3.8) is 0 Å². The first-order valence-corrected chi connectivity index (χ1v) is 12.2. The van der Waals surface area contributed by atoms with Gasteiger partial charge in [-0.25, -0.2) is 10.1 Å². The van der Waals surface area contributed by atoms with E-state index in [1.54, 1.807) is 4.40 Å². The van der Waals surface area contributed by atoms with E-state index >= 15 is 0 Å². The van der Waals surface area contributed by atoms with E-state index in [1.165, 1.54) is 22.5 Å². The summed E-state index contributed by atoms with van der Waals surface area (Å²) in [5.41, 5.74) is 6.38. The molecule has 7 heteroatoms. The number of allylic oxidation sites excluding steroid dienone is 2. The molecule has 0 radical (unpaired) electrons. The van der Waals surface area contributed by atoms with E-state index in [-0.39, 0.29) is 17.0 Å². The molecule has 0 saturated heterocycles. The number of rotatable bonds is 2. The van der Waals surface area contributed by atoms with Crippen molar-refractivity contribution in [2.24, 2.45) is 0 Å². The van der Waals surface area contributed by atoms with Crippen molar-refractivity contribution in [1.29, 1.82) is 10.5 Å². The van der Waals surface area contributed by atoms with Crippen molar-refractivity contribution in [1.82, 2.24) is 14.6 Å².